The third-order valence-electron chi connectivity index (χ3n) is 2.97. The zero-order valence-corrected chi connectivity index (χ0v) is 10.00. The minimum absolute atomic E-state index is 0.410. The molecular formula is C13H10BN3O2. The first-order valence-electron chi connectivity index (χ1n) is 5.82. The number of benzene rings is 1. The van der Waals surface area contributed by atoms with E-state index in [1.807, 2.05) is 24.3 Å². The summed E-state index contributed by atoms with van der Waals surface area (Å²) in [6.07, 6.45) is 1.52. The van der Waals surface area contributed by atoms with Crippen LogP contribution < -0.4 is 10.8 Å². The van der Waals surface area contributed by atoms with Crippen molar-refractivity contribution in [2.75, 3.05) is 5.32 Å². The van der Waals surface area contributed by atoms with E-state index in [2.05, 4.69) is 10.3 Å². The Hall–Kier alpha value is -2.36. The van der Waals surface area contributed by atoms with Gasteiger partial charge in [-0.3, -0.25) is 0 Å². The highest BCUT2D eigenvalue weighted by Crippen LogP contribution is 2.18. The Kier molecular flexibility index (Phi) is 2.92. The molecule has 0 aliphatic carbocycles. The van der Waals surface area contributed by atoms with E-state index in [1.54, 1.807) is 12.1 Å². The number of nitriles is 1. The Morgan fingerprint density at radius 2 is 2.26 bits per heavy atom. The van der Waals surface area contributed by atoms with Gasteiger partial charge in [0.15, 0.2) is 0 Å². The fourth-order valence-corrected chi connectivity index (χ4v) is 1.99. The van der Waals surface area contributed by atoms with E-state index in [1.165, 1.54) is 6.20 Å². The number of nitrogens with one attached hydrogen (secondary N) is 1. The van der Waals surface area contributed by atoms with Gasteiger partial charge < -0.3 is 15.0 Å². The van der Waals surface area contributed by atoms with E-state index < -0.39 is 7.12 Å². The Balaban J connectivity index is 1.82. The summed E-state index contributed by atoms with van der Waals surface area (Å²) in [5, 5.41) is 21.4. The van der Waals surface area contributed by atoms with Crippen molar-refractivity contribution in [1.29, 1.82) is 5.26 Å². The number of hydrogen-bond donors (Lipinski definition) is 2. The van der Waals surface area contributed by atoms with E-state index in [0.29, 0.717) is 18.0 Å². The van der Waals surface area contributed by atoms with Gasteiger partial charge in [-0.05, 0) is 35.3 Å². The van der Waals surface area contributed by atoms with Gasteiger partial charge >= 0.3 is 7.12 Å². The van der Waals surface area contributed by atoms with Crippen LogP contribution in [0.4, 0.5) is 11.5 Å². The van der Waals surface area contributed by atoms with E-state index in [4.69, 9.17) is 9.92 Å². The molecule has 0 amide bonds. The van der Waals surface area contributed by atoms with Crippen molar-refractivity contribution in [3.8, 4) is 6.07 Å². The van der Waals surface area contributed by atoms with E-state index in [0.717, 1.165) is 16.7 Å². The molecule has 1 aliphatic rings. The van der Waals surface area contributed by atoms with Crippen LogP contribution in [0.3, 0.4) is 0 Å². The molecule has 1 aromatic carbocycles. The normalized spacial score (nSPS) is 12.9. The smallest absolute Gasteiger partial charge is 0.423 e. The summed E-state index contributed by atoms with van der Waals surface area (Å²) in [6.45, 7) is 0.410. The first-order valence-corrected chi connectivity index (χ1v) is 5.82. The number of rotatable bonds is 2. The third kappa shape index (κ3) is 2.29. The second-order valence-corrected chi connectivity index (χ2v) is 4.25. The molecule has 0 fully saturated rings. The molecule has 0 saturated carbocycles. The van der Waals surface area contributed by atoms with E-state index >= 15 is 0 Å². The fraction of sp³-hybridized carbons (Fsp3) is 0.0769. The highest BCUT2D eigenvalue weighted by Gasteiger charge is 2.26. The third-order valence-corrected chi connectivity index (χ3v) is 2.97. The minimum Gasteiger partial charge on any atom is -0.423 e. The lowest BCUT2D eigenvalue weighted by Crippen LogP contribution is -2.27. The molecule has 0 bridgehead atoms. The summed E-state index contributed by atoms with van der Waals surface area (Å²) in [4.78, 5) is 4.14. The molecule has 6 heteroatoms. The Morgan fingerprint density at radius 1 is 1.37 bits per heavy atom. The monoisotopic (exact) mass is 251 g/mol. The van der Waals surface area contributed by atoms with Gasteiger partial charge in [0.1, 0.15) is 11.9 Å². The van der Waals surface area contributed by atoms with Crippen molar-refractivity contribution in [2.24, 2.45) is 0 Å². The lowest BCUT2D eigenvalue weighted by atomic mass is 9.79. The molecule has 0 saturated heterocycles. The van der Waals surface area contributed by atoms with E-state index in [-0.39, 0.29) is 0 Å². The van der Waals surface area contributed by atoms with Gasteiger partial charge in [0.25, 0.3) is 0 Å². The molecular weight excluding hydrogens is 241 g/mol. The van der Waals surface area contributed by atoms with Gasteiger partial charge in [-0.1, -0.05) is 6.07 Å². The highest BCUT2D eigenvalue weighted by atomic mass is 16.5. The Labute approximate surface area is 110 Å². The zero-order valence-electron chi connectivity index (χ0n) is 10.00. The molecule has 0 spiro atoms. The average molecular weight is 251 g/mol. The SMILES string of the molecule is N#Cc1ccc(Nc2ccc3c(c2)COB3O)nc1. The minimum atomic E-state index is -0.822. The molecule has 1 aromatic heterocycles. The van der Waals surface area contributed by atoms with Crippen LogP contribution in [0, 0.1) is 11.3 Å². The number of hydrogen-bond acceptors (Lipinski definition) is 5. The molecule has 0 unspecified atom stereocenters. The van der Waals surface area contributed by atoms with Crippen molar-refractivity contribution >= 4 is 24.1 Å². The van der Waals surface area contributed by atoms with Crippen LogP contribution in [0.2, 0.25) is 0 Å². The van der Waals surface area contributed by atoms with Crippen molar-refractivity contribution in [1.82, 2.24) is 4.98 Å². The predicted molar refractivity (Wildman–Crippen MR) is 71.1 cm³/mol. The van der Waals surface area contributed by atoms with Crippen molar-refractivity contribution in [3.63, 3.8) is 0 Å². The first kappa shape index (κ1) is 11.7. The number of aromatic nitrogens is 1. The van der Waals surface area contributed by atoms with E-state index in [9.17, 15) is 5.02 Å². The predicted octanol–water partition coefficient (Wildman–Crippen LogP) is 0.915. The summed E-state index contributed by atoms with van der Waals surface area (Å²) in [5.41, 5.74) is 3.16. The molecule has 19 heavy (non-hydrogen) atoms. The molecule has 1 aliphatic heterocycles. The van der Waals surface area contributed by atoms with Crippen LogP contribution in [-0.4, -0.2) is 17.1 Å². The van der Waals surface area contributed by atoms with Crippen molar-refractivity contribution in [3.05, 3.63) is 47.7 Å². The number of fused-ring (bicyclic) bond motifs is 1. The van der Waals surface area contributed by atoms with Crippen LogP contribution in [0.1, 0.15) is 11.1 Å². The average Bonchev–Trinajstić information content (AvgIpc) is 2.81. The molecule has 92 valence electrons. The zero-order chi connectivity index (χ0) is 13.2. The Morgan fingerprint density at radius 3 is 3.00 bits per heavy atom. The maximum absolute atomic E-state index is 9.53. The van der Waals surface area contributed by atoms with Gasteiger partial charge in [-0.15, -0.1) is 0 Å². The summed E-state index contributed by atoms with van der Waals surface area (Å²) in [7, 11) is -0.822. The van der Waals surface area contributed by atoms with Crippen molar-refractivity contribution in [2.45, 2.75) is 6.61 Å². The lowest BCUT2D eigenvalue weighted by Gasteiger charge is -2.07. The van der Waals surface area contributed by atoms with Gasteiger partial charge in [0.05, 0.1) is 12.2 Å². The molecule has 3 rings (SSSR count). The standard InChI is InChI=1S/C13H10BN3O2/c15-6-9-1-4-13(16-7-9)17-11-2-3-12-10(5-11)8-19-14(12)18/h1-5,7,18H,8H2,(H,16,17). The number of nitrogens with zero attached hydrogens (tertiary/aromatic N) is 2. The lowest BCUT2D eigenvalue weighted by molar-refractivity contribution is 0.275. The van der Waals surface area contributed by atoms with Gasteiger partial charge in [-0.25, -0.2) is 4.98 Å². The first-order chi connectivity index (χ1) is 9.26. The summed E-state index contributed by atoms with van der Waals surface area (Å²) >= 11 is 0. The van der Waals surface area contributed by atoms with Crippen LogP contribution in [0.25, 0.3) is 0 Å². The molecule has 5 nitrogen and oxygen atoms in total. The molecule has 2 heterocycles. The molecule has 0 atom stereocenters. The molecule has 2 aromatic rings. The van der Waals surface area contributed by atoms with Crippen LogP contribution in [0.5, 0.6) is 0 Å². The maximum atomic E-state index is 9.53. The largest absolute Gasteiger partial charge is 0.491 e. The molecule has 0 radical (unpaired) electrons. The molecule has 2 N–H and O–H groups in total. The second kappa shape index (κ2) is 4.73. The quantitative estimate of drug-likeness (QED) is 0.776. The van der Waals surface area contributed by atoms with Crippen LogP contribution in [0.15, 0.2) is 36.5 Å². The summed E-state index contributed by atoms with van der Waals surface area (Å²) in [6, 6.07) is 11.1. The summed E-state index contributed by atoms with van der Waals surface area (Å²) in [5.74, 6) is 0.665. The topological polar surface area (TPSA) is 78.2 Å². The van der Waals surface area contributed by atoms with Gasteiger partial charge in [0, 0.05) is 11.9 Å². The maximum Gasteiger partial charge on any atom is 0.491 e. The van der Waals surface area contributed by atoms with Crippen LogP contribution >= 0.6 is 0 Å². The summed E-state index contributed by atoms with van der Waals surface area (Å²) < 4.78 is 5.13. The second-order valence-electron chi connectivity index (χ2n) is 4.25. The number of anilines is 2. The van der Waals surface area contributed by atoms with Crippen LogP contribution in [-0.2, 0) is 11.3 Å². The highest BCUT2D eigenvalue weighted by molar-refractivity contribution is 6.61. The Bertz CT molecular complexity index is 652. The van der Waals surface area contributed by atoms with Gasteiger partial charge in [-0.2, -0.15) is 5.26 Å². The number of pyridine rings is 1. The fourth-order valence-electron chi connectivity index (χ4n) is 1.99. The van der Waals surface area contributed by atoms with Gasteiger partial charge in [0.2, 0.25) is 0 Å². The van der Waals surface area contributed by atoms with Crippen molar-refractivity contribution < 1.29 is 9.68 Å².